The zero-order valence-electron chi connectivity index (χ0n) is 17.2. The molecule has 3 rings (SSSR count). The molecule has 156 valence electrons. The molecule has 0 aromatic heterocycles. The Kier molecular flexibility index (Phi) is 7.85. The highest BCUT2D eigenvalue weighted by molar-refractivity contribution is 7.98. The Labute approximate surface area is 186 Å². The number of aryl methyl sites for hydroxylation is 1. The molecule has 0 aliphatic rings. The normalized spacial score (nSPS) is 10.2. The van der Waals surface area contributed by atoms with Crippen molar-refractivity contribution in [3.8, 4) is 6.07 Å². The number of nitrogens with one attached hydrogen (secondary N) is 2. The van der Waals surface area contributed by atoms with Gasteiger partial charge in [-0.3, -0.25) is 9.59 Å². The Balaban J connectivity index is 1.52. The number of anilines is 1. The maximum Gasteiger partial charge on any atom is 0.255 e. The Morgan fingerprint density at radius 3 is 2.45 bits per heavy atom. The number of nitriles is 1. The van der Waals surface area contributed by atoms with Gasteiger partial charge in [0.25, 0.3) is 11.8 Å². The molecule has 0 atom stereocenters. The summed E-state index contributed by atoms with van der Waals surface area (Å²) in [6.07, 6.45) is 0. The summed E-state index contributed by atoms with van der Waals surface area (Å²) in [5.41, 5.74) is 4.24. The predicted molar refractivity (Wildman–Crippen MR) is 125 cm³/mol. The maximum atomic E-state index is 12.5. The molecular weight excluding hydrogens is 406 g/mol. The second-order valence-electron chi connectivity index (χ2n) is 6.93. The van der Waals surface area contributed by atoms with Crippen LogP contribution in [-0.2, 0) is 5.75 Å². The van der Waals surface area contributed by atoms with Crippen LogP contribution in [0.4, 0.5) is 5.69 Å². The molecule has 0 fully saturated rings. The van der Waals surface area contributed by atoms with Gasteiger partial charge in [0, 0.05) is 34.9 Å². The number of benzene rings is 3. The van der Waals surface area contributed by atoms with Gasteiger partial charge >= 0.3 is 0 Å². The Morgan fingerprint density at radius 2 is 1.68 bits per heavy atom. The first-order valence-electron chi connectivity index (χ1n) is 9.89. The number of carbonyl (C=O) groups excluding carboxylic acids is 2. The van der Waals surface area contributed by atoms with Crippen LogP contribution in [0, 0.1) is 18.3 Å². The number of nitrogens with zero attached hydrogens (tertiary/aromatic N) is 1. The third kappa shape index (κ3) is 6.21. The molecule has 5 nitrogen and oxygen atoms in total. The van der Waals surface area contributed by atoms with E-state index in [2.05, 4.69) is 16.7 Å². The van der Waals surface area contributed by atoms with Crippen LogP contribution < -0.4 is 10.6 Å². The van der Waals surface area contributed by atoms with Crippen LogP contribution >= 0.6 is 11.8 Å². The SMILES string of the molecule is Cc1ccc(C(=O)NCCSCc2ccccc2C#N)cc1NC(=O)c1ccccc1. The molecule has 0 radical (unpaired) electrons. The van der Waals surface area contributed by atoms with Gasteiger partial charge < -0.3 is 10.6 Å². The zero-order valence-corrected chi connectivity index (χ0v) is 18.0. The molecule has 3 aromatic rings. The van der Waals surface area contributed by atoms with Crippen LogP contribution in [-0.4, -0.2) is 24.1 Å². The quantitative estimate of drug-likeness (QED) is 0.505. The van der Waals surface area contributed by atoms with E-state index in [0.717, 1.165) is 22.6 Å². The van der Waals surface area contributed by atoms with E-state index >= 15 is 0 Å². The Bertz CT molecular complexity index is 1110. The maximum absolute atomic E-state index is 12.5. The lowest BCUT2D eigenvalue weighted by Crippen LogP contribution is -2.26. The lowest BCUT2D eigenvalue weighted by atomic mass is 10.1. The highest BCUT2D eigenvalue weighted by atomic mass is 32.2. The largest absolute Gasteiger partial charge is 0.351 e. The summed E-state index contributed by atoms with van der Waals surface area (Å²) < 4.78 is 0. The van der Waals surface area contributed by atoms with Gasteiger partial charge in [0.1, 0.15) is 0 Å². The highest BCUT2D eigenvalue weighted by Crippen LogP contribution is 2.19. The van der Waals surface area contributed by atoms with Crippen LogP contribution in [0.2, 0.25) is 0 Å². The fourth-order valence-corrected chi connectivity index (χ4v) is 3.82. The molecule has 0 heterocycles. The number of amides is 2. The lowest BCUT2D eigenvalue weighted by Gasteiger charge is -2.11. The minimum absolute atomic E-state index is 0.187. The molecule has 0 saturated carbocycles. The van der Waals surface area contributed by atoms with E-state index in [9.17, 15) is 9.59 Å². The van der Waals surface area contributed by atoms with E-state index in [0.29, 0.717) is 28.9 Å². The fraction of sp³-hybridized carbons (Fsp3) is 0.160. The summed E-state index contributed by atoms with van der Waals surface area (Å²) in [7, 11) is 0. The lowest BCUT2D eigenvalue weighted by molar-refractivity contribution is 0.0954. The molecule has 0 aliphatic carbocycles. The molecule has 0 unspecified atom stereocenters. The van der Waals surface area contributed by atoms with Gasteiger partial charge in [0.05, 0.1) is 11.6 Å². The second-order valence-corrected chi connectivity index (χ2v) is 8.03. The molecule has 2 N–H and O–H groups in total. The highest BCUT2D eigenvalue weighted by Gasteiger charge is 2.11. The van der Waals surface area contributed by atoms with E-state index in [1.54, 1.807) is 36.0 Å². The van der Waals surface area contributed by atoms with Gasteiger partial charge in [-0.15, -0.1) is 0 Å². The monoisotopic (exact) mass is 429 g/mol. The first-order chi connectivity index (χ1) is 15.1. The van der Waals surface area contributed by atoms with Crippen LogP contribution in [0.25, 0.3) is 0 Å². The molecule has 0 bridgehead atoms. The molecule has 0 spiro atoms. The summed E-state index contributed by atoms with van der Waals surface area (Å²) in [6.45, 7) is 2.40. The summed E-state index contributed by atoms with van der Waals surface area (Å²) in [4.78, 5) is 24.9. The van der Waals surface area contributed by atoms with Gasteiger partial charge in [-0.1, -0.05) is 42.5 Å². The number of hydrogen-bond acceptors (Lipinski definition) is 4. The van der Waals surface area contributed by atoms with Crippen molar-refractivity contribution in [2.45, 2.75) is 12.7 Å². The minimum atomic E-state index is -0.213. The van der Waals surface area contributed by atoms with Crippen molar-refractivity contribution in [2.24, 2.45) is 0 Å². The van der Waals surface area contributed by atoms with Gasteiger partial charge in [-0.25, -0.2) is 0 Å². The van der Waals surface area contributed by atoms with Crippen LogP contribution in [0.3, 0.4) is 0 Å². The zero-order chi connectivity index (χ0) is 22.1. The van der Waals surface area contributed by atoms with Gasteiger partial charge in [0.2, 0.25) is 0 Å². The van der Waals surface area contributed by atoms with Crippen molar-refractivity contribution in [3.63, 3.8) is 0 Å². The summed E-state index contributed by atoms with van der Waals surface area (Å²) in [5, 5.41) is 14.9. The van der Waals surface area contributed by atoms with E-state index in [1.165, 1.54) is 0 Å². The Hall–Kier alpha value is -3.56. The smallest absolute Gasteiger partial charge is 0.255 e. The Morgan fingerprint density at radius 1 is 0.935 bits per heavy atom. The van der Waals surface area contributed by atoms with Crippen molar-refractivity contribution in [1.29, 1.82) is 5.26 Å². The first kappa shape index (κ1) is 22.1. The van der Waals surface area contributed by atoms with Crippen molar-refractivity contribution >= 4 is 29.3 Å². The van der Waals surface area contributed by atoms with Gasteiger partial charge in [-0.05, 0) is 48.4 Å². The van der Waals surface area contributed by atoms with Crippen molar-refractivity contribution < 1.29 is 9.59 Å². The summed E-state index contributed by atoms with van der Waals surface area (Å²) in [6, 6.07) is 24.0. The minimum Gasteiger partial charge on any atom is -0.351 e. The first-order valence-corrected chi connectivity index (χ1v) is 11.0. The fourth-order valence-electron chi connectivity index (χ4n) is 2.96. The number of carbonyl (C=O) groups is 2. The number of hydrogen-bond donors (Lipinski definition) is 2. The number of rotatable bonds is 8. The van der Waals surface area contributed by atoms with E-state index < -0.39 is 0 Å². The summed E-state index contributed by atoms with van der Waals surface area (Å²) >= 11 is 1.66. The van der Waals surface area contributed by atoms with Crippen molar-refractivity contribution in [2.75, 3.05) is 17.6 Å². The van der Waals surface area contributed by atoms with E-state index in [-0.39, 0.29) is 11.8 Å². The van der Waals surface area contributed by atoms with Gasteiger partial charge in [0.15, 0.2) is 0 Å². The second kappa shape index (κ2) is 11.0. The number of thioether (sulfide) groups is 1. The van der Waals surface area contributed by atoms with Crippen LogP contribution in [0.1, 0.15) is 37.4 Å². The summed E-state index contributed by atoms with van der Waals surface area (Å²) in [5.74, 6) is 1.05. The van der Waals surface area contributed by atoms with Crippen molar-refractivity contribution in [1.82, 2.24) is 5.32 Å². The molecule has 6 heteroatoms. The topological polar surface area (TPSA) is 82.0 Å². The van der Waals surface area contributed by atoms with Crippen LogP contribution in [0.15, 0.2) is 72.8 Å². The molecular formula is C25H23N3O2S. The standard InChI is InChI=1S/C25H23N3O2S/c1-18-11-12-20(15-23(18)28-25(30)19-7-3-2-4-8-19)24(29)27-13-14-31-17-22-10-6-5-9-21(22)16-26/h2-12,15H,13-14,17H2,1H3,(H,27,29)(H,28,30). The van der Waals surface area contributed by atoms with Crippen LogP contribution in [0.5, 0.6) is 0 Å². The molecule has 3 aromatic carbocycles. The predicted octanol–water partition coefficient (Wildman–Crippen LogP) is 4.78. The average molecular weight is 430 g/mol. The molecule has 0 aliphatic heterocycles. The molecule has 2 amide bonds. The van der Waals surface area contributed by atoms with Gasteiger partial charge in [-0.2, -0.15) is 17.0 Å². The van der Waals surface area contributed by atoms with E-state index in [4.69, 9.17) is 5.26 Å². The molecule has 31 heavy (non-hydrogen) atoms. The third-order valence-electron chi connectivity index (χ3n) is 4.71. The average Bonchev–Trinajstić information content (AvgIpc) is 2.81. The third-order valence-corrected chi connectivity index (χ3v) is 5.72. The van der Waals surface area contributed by atoms with E-state index in [1.807, 2.05) is 55.5 Å². The van der Waals surface area contributed by atoms with Crippen molar-refractivity contribution in [3.05, 3.63) is 101 Å². The molecule has 0 saturated heterocycles.